The Morgan fingerprint density at radius 2 is 2.23 bits per heavy atom. The van der Waals surface area contributed by atoms with E-state index in [2.05, 4.69) is 10.1 Å². The van der Waals surface area contributed by atoms with Gasteiger partial charge in [0.15, 0.2) is 0 Å². The standard InChI is InChI=1S/C17H17FN4O4/c1-26-20-12-3-2-6-21(12)16-13(17(24)25)14(23)11-7-9(18)8-19-15(11)22(16)10-4-5-10/h7-8,10H,2-6H2,1H3,(H,24,25). The SMILES string of the molecule is CON=C1CCCN1c1c(C(=O)O)c(=O)c2cc(F)cnc2n1C1CC1. The van der Waals surface area contributed by atoms with E-state index in [0.717, 1.165) is 31.5 Å². The lowest BCUT2D eigenvalue weighted by Gasteiger charge is -2.26. The molecular weight excluding hydrogens is 343 g/mol. The van der Waals surface area contributed by atoms with Gasteiger partial charge >= 0.3 is 5.97 Å². The van der Waals surface area contributed by atoms with Crippen molar-refractivity contribution in [3.8, 4) is 0 Å². The van der Waals surface area contributed by atoms with Crippen LogP contribution in [0.3, 0.4) is 0 Å². The first-order chi connectivity index (χ1) is 12.5. The normalized spacial score (nSPS) is 18.7. The van der Waals surface area contributed by atoms with Crippen LogP contribution in [0.15, 0.2) is 22.2 Å². The Kier molecular flexibility index (Phi) is 3.86. The summed E-state index contributed by atoms with van der Waals surface area (Å²) in [6.45, 7) is 0.515. The van der Waals surface area contributed by atoms with Gasteiger partial charge in [-0.25, -0.2) is 14.2 Å². The maximum Gasteiger partial charge on any atom is 0.343 e. The van der Waals surface area contributed by atoms with E-state index in [1.165, 1.54) is 7.11 Å². The van der Waals surface area contributed by atoms with Gasteiger partial charge in [-0.3, -0.25) is 4.79 Å². The van der Waals surface area contributed by atoms with Crippen LogP contribution in [0.25, 0.3) is 11.0 Å². The maximum atomic E-state index is 13.7. The van der Waals surface area contributed by atoms with Gasteiger partial charge in [-0.05, 0) is 25.3 Å². The minimum absolute atomic E-state index is 0.0218. The van der Waals surface area contributed by atoms with Crippen LogP contribution in [0, 0.1) is 5.82 Å². The van der Waals surface area contributed by atoms with Crippen LogP contribution in [0.2, 0.25) is 0 Å². The predicted molar refractivity (Wildman–Crippen MR) is 92.2 cm³/mol. The van der Waals surface area contributed by atoms with Crippen molar-refractivity contribution in [3.05, 3.63) is 33.9 Å². The molecule has 26 heavy (non-hydrogen) atoms. The number of aromatic carboxylic acids is 1. The van der Waals surface area contributed by atoms with Crippen molar-refractivity contribution in [1.29, 1.82) is 0 Å². The predicted octanol–water partition coefficient (Wildman–Crippen LogP) is 2.13. The second kappa shape index (κ2) is 6.08. The third kappa shape index (κ3) is 2.51. The molecular formula is C17H17FN4O4. The monoisotopic (exact) mass is 360 g/mol. The summed E-state index contributed by atoms with van der Waals surface area (Å²) < 4.78 is 15.4. The van der Waals surface area contributed by atoms with E-state index in [-0.39, 0.29) is 22.8 Å². The molecule has 0 spiro atoms. The second-order valence-corrected chi connectivity index (χ2v) is 6.40. The van der Waals surface area contributed by atoms with E-state index in [1.807, 2.05) is 0 Å². The molecule has 1 N–H and O–H groups in total. The Morgan fingerprint density at radius 1 is 1.46 bits per heavy atom. The number of carboxylic acids is 1. The Morgan fingerprint density at radius 3 is 2.88 bits per heavy atom. The van der Waals surface area contributed by atoms with Crippen LogP contribution in [0.1, 0.15) is 42.1 Å². The summed E-state index contributed by atoms with van der Waals surface area (Å²) in [6.07, 6.45) is 4.09. The number of halogens is 1. The lowest BCUT2D eigenvalue weighted by Crippen LogP contribution is -2.34. The van der Waals surface area contributed by atoms with Gasteiger partial charge in [-0.2, -0.15) is 0 Å². The van der Waals surface area contributed by atoms with Crippen molar-refractivity contribution in [1.82, 2.24) is 9.55 Å². The molecule has 1 saturated heterocycles. The Balaban J connectivity index is 2.10. The third-order valence-electron chi connectivity index (χ3n) is 4.66. The topological polar surface area (TPSA) is 97.0 Å². The fourth-order valence-electron chi connectivity index (χ4n) is 3.47. The Labute approximate surface area is 147 Å². The largest absolute Gasteiger partial charge is 0.477 e. The molecule has 0 aromatic carbocycles. The number of amidine groups is 1. The first-order valence-corrected chi connectivity index (χ1v) is 8.37. The molecule has 2 aromatic rings. The van der Waals surface area contributed by atoms with Gasteiger partial charge in [0.2, 0.25) is 5.43 Å². The number of carboxylic acid groups (broad SMARTS) is 1. The van der Waals surface area contributed by atoms with Gasteiger partial charge in [0.05, 0.1) is 11.6 Å². The number of hydrogen-bond donors (Lipinski definition) is 1. The zero-order chi connectivity index (χ0) is 18.4. The lowest BCUT2D eigenvalue weighted by molar-refractivity contribution is 0.0696. The molecule has 2 aromatic heterocycles. The van der Waals surface area contributed by atoms with Gasteiger partial charge in [-0.1, -0.05) is 5.16 Å². The minimum atomic E-state index is -1.35. The average molecular weight is 360 g/mol. The first kappa shape index (κ1) is 16.5. The molecule has 1 aliphatic carbocycles. The van der Waals surface area contributed by atoms with Crippen molar-refractivity contribution in [3.63, 3.8) is 0 Å². The molecule has 0 amide bonds. The third-order valence-corrected chi connectivity index (χ3v) is 4.66. The fourth-order valence-corrected chi connectivity index (χ4v) is 3.47. The van der Waals surface area contributed by atoms with Crippen LogP contribution in [0.4, 0.5) is 10.2 Å². The highest BCUT2D eigenvalue weighted by Crippen LogP contribution is 2.42. The lowest BCUT2D eigenvalue weighted by atomic mass is 10.1. The molecule has 8 nitrogen and oxygen atoms in total. The van der Waals surface area contributed by atoms with E-state index in [9.17, 15) is 19.1 Å². The molecule has 0 unspecified atom stereocenters. The van der Waals surface area contributed by atoms with E-state index < -0.39 is 17.2 Å². The highest BCUT2D eigenvalue weighted by Gasteiger charge is 2.36. The first-order valence-electron chi connectivity index (χ1n) is 8.37. The highest BCUT2D eigenvalue weighted by atomic mass is 19.1. The Bertz CT molecular complexity index is 996. The molecule has 0 atom stereocenters. The Hall–Kier alpha value is -2.97. The van der Waals surface area contributed by atoms with Gasteiger partial charge in [0.25, 0.3) is 0 Å². The second-order valence-electron chi connectivity index (χ2n) is 6.40. The summed E-state index contributed by atoms with van der Waals surface area (Å²) in [4.78, 5) is 35.5. The summed E-state index contributed by atoms with van der Waals surface area (Å²) in [6, 6.07) is 1.07. The van der Waals surface area contributed by atoms with Crippen LogP contribution in [0.5, 0.6) is 0 Å². The summed E-state index contributed by atoms with van der Waals surface area (Å²) in [5.41, 5.74) is -0.833. The van der Waals surface area contributed by atoms with Crippen molar-refractivity contribution >= 4 is 28.7 Å². The number of pyridine rings is 2. The number of anilines is 1. The molecule has 2 aliphatic rings. The van der Waals surface area contributed by atoms with Crippen molar-refractivity contribution in [2.75, 3.05) is 18.6 Å². The number of nitrogens with zero attached hydrogens (tertiary/aromatic N) is 4. The van der Waals surface area contributed by atoms with E-state index in [1.54, 1.807) is 9.47 Å². The van der Waals surface area contributed by atoms with E-state index >= 15 is 0 Å². The number of hydrogen-bond acceptors (Lipinski definition) is 5. The fraction of sp³-hybridized carbons (Fsp3) is 0.412. The van der Waals surface area contributed by atoms with Crippen LogP contribution in [-0.4, -0.2) is 40.1 Å². The van der Waals surface area contributed by atoms with Gasteiger partial charge < -0.3 is 19.4 Å². The molecule has 0 radical (unpaired) electrons. The summed E-state index contributed by atoms with van der Waals surface area (Å²) >= 11 is 0. The maximum absolute atomic E-state index is 13.7. The number of aromatic nitrogens is 2. The van der Waals surface area contributed by atoms with Gasteiger partial charge in [0.1, 0.15) is 35.8 Å². The molecule has 0 bridgehead atoms. The highest BCUT2D eigenvalue weighted by molar-refractivity contribution is 6.06. The number of oxime groups is 1. The number of carbonyl (C=O) groups is 1. The molecule has 4 rings (SSSR count). The molecule has 9 heteroatoms. The van der Waals surface area contributed by atoms with Crippen LogP contribution in [-0.2, 0) is 4.84 Å². The van der Waals surface area contributed by atoms with Crippen molar-refractivity contribution in [2.45, 2.75) is 31.7 Å². The minimum Gasteiger partial charge on any atom is -0.477 e. The van der Waals surface area contributed by atoms with Crippen LogP contribution >= 0.6 is 0 Å². The van der Waals surface area contributed by atoms with Crippen molar-refractivity contribution < 1.29 is 19.1 Å². The quantitative estimate of drug-likeness (QED) is 0.839. The molecule has 1 aliphatic heterocycles. The zero-order valence-corrected chi connectivity index (χ0v) is 14.1. The number of fused-ring (bicyclic) bond motifs is 1. The van der Waals surface area contributed by atoms with E-state index in [4.69, 9.17) is 4.84 Å². The summed E-state index contributed by atoms with van der Waals surface area (Å²) in [7, 11) is 1.42. The average Bonchev–Trinajstić information content (AvgIpc) is 3.34. The van der Waals surface area contributed by atoms with Crippen LogP contribution < -0.4 is 10.3 Å². The molecule has 136 valence electrons. The van der Waals surface area contributed by atoms with Gasteiger partial charge in [-0.15, -0.1) is 0 Å². The smallest absolute Gasteiger partial charge is 0.343 e. The molecule has 1 saturated carbocycles. The summed E-state index contributed by atoms with van der Waals surface area (Å²) in [5.74, 6) is -1.21. The summed E-state index contributed by atoms with van der Waals surface area (Å²) in [5, 5.41) is 13.7. The van der Waals surface area contributed by atoms with Gasteiger partial charge in [0, 0.05) is 19.0 Å². The van der Waals surface area contributed by atoms with Crippen molar-refractivity contribution in [2.24, 2.45) is 5.16 Å². The molecule has 2 fully saturated rings. The number of rotatable bonds is 4. The zero-order valence-electron chi connectivity index (χ0n) is 14.1. The van der Waals surface area contributed by atoms with E-state index in [0.29, 0.717) is 24.4 Å². The molecule has 3 heterocycles.